The molecular weight excluding hydrogens is 354 g/mol. The van der Waals surface area contributed by atoms with Crippen molar-refractivity contribution >= 4 is 27.4 Å². The van der Waals surface area contributed by atoms with E-state index in [1.54, 1.807) is 12.4 Å². The number of thiophene rings is 1. The minimum atomic E-state index is 0.119. The first-order chi connectivity index (χ1) is 13.1. The normalized spacial score (nSPS) is 15.1. The molecule has 0 unspecified atom stereocenters. The number of anilines is 1. The fourth-order valence-electron chi connectivity index (χ4n) is 3.83. The highest BCUT2D eigenvalue weighted by Crippen LogP contribution is 2.39. The molecule has 0 radical (unpaired) electrons. The summed E-state index contributed by atoms with van der Waals surface area (Å²) in [7, 11) is 0. The molecule has 6 heteroatoms. The second kappa shape index (κ2) is 7.90. The van der Waals surface area contributed by atoms with Crippen molar-refractivity contribution in [3.63, 3.8) is 0 Å². The summed E-state index contributed by atoms with van der Waals surface area (Å²) in [4.78, 5) is 16.5. The van der Waals surface area contributed by atoms with Gasteiger partial charge in [-0.15, -0.1) is 11.3 Å². The van der Waals surface area contributed by atoms with Gasteiger partial charge in [-0.3, -0.25) is 4.98 Å². The number of hydrogen-bond acceptors (Lipinski definition) is 6. The van der Waals surface area contributed by atoms with Crippen molar-refractivity contribution in [2.75, 3.05) is 11.9 Å². The average molecular weight is 382 g/mol. The Bertz CT molecular complexity index is 919. The summed E-state index contributed by atoms with van der Waals surface area (Å²) in [5, 5.41) is 4.77. The smallest absolute Gasteiger partial charge is 0.163 e. The zero-order chi connectivity index (χ0) is 18.8. The Morgan fingerprint density at radius 2 is 1.93 bits per heavy atom. The van der Waals surface area contributed by atoms with Crippen LogP contribution in [0.1, 0.15) is 43.6 Å². The molecule has 0 aromatic carbocycles. The van der Waals surface area contributed by atoms with E-state index in [2.05, 4.69) is 24.1 Å². The Morgan fingerprint density at radius 1 is 1.15 bits per heavy atom. The van der Waals surface area contributed by atoms with Crippen LogP contribution in [-0.4, -0.2) is 27.5 Å². The molecule has 3 aromatic rings. The average Bonchev–Trinajstić information content (AvgIpc) is 3.05. The van der Waals surface area contributed by atoms with Crippen LogP contribution in [0.4, 0.5) is 5.82 Å². The first-order valence-electron chi connectivity index (χ1n) is 9.84. The van der Waals surface area contributed by atoms with E-state index >= 15 is 0 Å². The molecule has 3 heterocycles. The maximum absolute atomic E-state index is 6.32. The van der Waals surface area contributed by atoms with Gasteiger partial charge >= 0.3 is 0 Å². The van der Waals surface area contributed by atoms with Gasteiger partial charge in [-0.25, -0.2) is 9.97 Å². The van der Waals surface area contributed by atoms with E-state index in [9.17, 15) is 0 Å². The third-order valence-electron chi connectivity index (χ3n) is 5.06. The lowest BCUT2D eigenvalue weighted by Crippen LogP contribution is -2.30. The highest BCUT2D eigenvalue weighted by molar-refractivity contribution is 7.19. The Morgan fingerprint density at radius 3 is 2.70 bits per heavy atom. The maximum atomic E-state index is 6.32. The lowest BCUT2D eigenvalue weighted by atomic mass is 9.97. The standard InChI is InChI=1S/C21H27N5S/c1-13(2)11-15(22)12-24-20-18-16-5-3-4-6-17(16)27-21(18)26-19(25-20)14-7-9-23-10-8-14/h7-10,13,15H,3-6,11-12,22H2,1-2H3,(H,24,25,26)/t15-/m1/s1. The molecule has 3 aromatic heterocycles. The summed E-state index contributed by atoms with van der Waals surface area (Å²) < 4.78 is 0. The maximum Gasteiger partial charge on any atom is 0.163 e. The zero-order valence-corrected chi connectivity index (χ0v) is 16.9. The minimum absolute atomic E-state index is 0.119. The summed E-state index contributed by atoms with van der Waals surface area (Å²) in [5.41, 5.74) is 8.76. The Balaban J connectivity index is 1.75. The third-order valence-corrected chi connectivity index (χ3v) is 6.24. The van der Waals surface area contributed by atoms with Crippen molar-refractivity contribution in [3.8, 4) is 11.4 Å². The van der Waals surface area contributed by atoms with Crippen LogP contribution in [0.2, 0.25) is 0 Å². The number of aryl methyl sites for hydroxylation is 2. The largest absolute Gasteiger partial charge is 0.368 e. The molecule has 0 amide bonds. The first kappa shape index (κ1) is 18.3. The Kier molecular flexibility index (Phi) is 5.36. The number of fused-ring (bicyclic) bond motifs is 3. The van der Waals surface area contributed by atoms with Crippen LogP contribution in [0.15, 0.2) is 24.5 Å². The van der Waals surface area contributed by atoms with Crippen LogP contribution in [0, 0.1) is 5.92 Å². The van der Waals surface area contributed by atoms with Crippen LogP contribution in [0.3, 0.4) is 0 Å². The second-order valence-electron chi connectivity index (χ2n) is 7.79. The summed E-state index contributed by atoms with van der Waals surface area (Å²) in [5.74, 6) is 2.28. The summed E-state index contributed by atoms with van der Waals surface area (Å²) in [6.07, 6.45) is 9.37. The molecule has 1 aliphatic rings. The number of pyridine rings is 1. The molecule has 1 atom stereocenters. The minimum Gasteiger partial charge on any atom is -0.368 e. The highest BCUT2D eigenvalue weighted by Gasteiger charge is 2.22. The molecule has 4 rings (SSSR count). The molecule has 0 spiro atoms. The van der Waals surface area contributed by atoms with Crippen molar-refractivity contribution in [3.05, 3.63) is 35.0 Å². The topological polar surface area (TPSA) is 76.7 Å². The summed E-state index contributed by atoms with van der Waals surface area (Å²) in [6.45, 7) is 5.14. The molecule has 0 bridgehead atoms. The van der Waals surface area contributed by atoms with Gasteiger partial charge in [0.15, 0.2) is 5.82 Å². The molecule has 0 saturated carbocycles. The Labute approximate surface area is 164 Å². The Hall–Kier alpha value is -2.05. The van der Waals surface area contributed by atoms with E-state index in [1.165, 1.54) is 28.7 Å². The summed E-state index contributed by atoms with van der Waals surface area (Å²) in [6, 6.07) is 4.04. The number of aromatic nitrogens is 3. The first-order valence-corrected chi connectivity index (χ1v) is 10.7. The molecule has 1 aliphatic carbocycles. The fourth-order valence-corrected chi connectivity index (χ4v) is 5.09. The van der Waals surface area contributed by atoms with Crippen molar-refractivity contribution in [2.24, 2.45) is 11.7 Å². The molecule has 3 N–H and O–H groups in total. The molecular formula is C21H27N5S. The predicted molar refractivity (Wildman–Crippen MR) is 113 cm³/mol. The van der Waals surface area contributed by atoms with Gasteiger partial charge in [-0.1, -0.05) is 13.8 Å². The second-order valence-corrected chi connectivity index (χ2v) is 8.88. The lowest BCUT2D eigenvalue weighted by molar-refractivity contribution is 0.508. The number of hydrogen-bond donors (Lipinski definition) is 2. The quantitative estimate of drug-likeness (QED) is 0.661. The monoisotopic (exact) mass is 381 g/mol. The van der Waals surface area contributed by atoms with Crippen molar-refractivity contribution in [1.29, 1.82) is 0 Å². The van der Waals surface area contributed by atoms with Gasteiger partial charge < -0.3 is 11.1 Å². The van der Waals surface area contributed by atoms with Crippen molar-refractivity contribution < 1.29 is 0 Å². The van der Waals surface area contributed by atoms with E-state index < -0.39 is 0 Å². The number of nitrogens with two attached hydrogens (primary N) is 1. The van der Waals surface area contributed by atoms with Gasteiger partial charge in [-0.05, 0) is 55.7 Å². The van der Waals surface area contributed by atoms with E-state index in [-0.39, 0.29) is 6.04 Å². The zero-order valence-electron chi connectivity index (χ0n) is 16.0. The third kappa shape index (κ3) is 3.96. The molecule has 142 valence electrons. The van der Waals surface area contributed by atoms with Gasteiger partial charge in [0, 0.05) is 35.4 Å². The van der Waals surface area contributed by atoms with Gasteiger partial charge in [-0.2, -0.15) is 0 Å². The fraction of sp³-hybridized carbons (Fsp3) is 0.476. The van der Waals surface area contributed by atoms with Crippen LogP contribution in [0.25, 0.3) is 21.6 Å². The predicted octanol–water partition coefficient (Wildman–Crippen LogP) is 4.42. The van der Waals surface area contributed by atoms with E-state index in [1.807, 2.05) is 23.5 Å². The van der Waals surface area contributed by atoms with Crippen LogP contribution < -0.4 is 11.1 Å². The van der Waals surface area contributed by atoms with Crippen LogP contribution in [-0.2, 0) is 12.8 Å². The SMILES string of the molecule is CC(C)C[C@@H](N)CNc1nc(-c2ccncc2)nc2sc3c(c12)CCCC3. The highest BCUT2D eigenvalue weighted by atomic mass is 32.1. The number of nitrogens with zero attached hydrogens (tertiary/aromatic N) is 3. The van der Waals surface area contributed by atoms with E-state index in [0.717, 1.165) is 47.8 Å². The molecule has 0 fully saturated rings. The lowest BCUT2D eigenvalue weighted by Gasteiger charge is -2.17. The molecule has 5 nitrogen and oxygen atoms in total. The van der Waals surface area contributed by atoms with Crippen LogP contribution >= 0.6 is 11.3 Å². The van der Waals surface area contributed by atoms with Crippen molar-refractivity contribution in [2.45, 2.75) is 52.0 Å². The molecule has 27 heavy (non-hydrogen) atoms. The van der Waals surface area contributed by atoms with Gasteiger partial charge in [0.25, 0.3) is 0 Å². The van der Waals surface area contributed by atoms with Gasteiger partial charge in [0.05, 0.1) is 5.39 Å². The van der Waals surface area contributed by atoms with Gasteiger partial charge in [0.1, 0.15) is 10.6 Å². The molecule has 0 aliphatic heterocycles. The summed E-state index contributed by atoms with van der Waals surface area (Å²) >= 11 is 1.83. The van der Waals surface area contributed by atoms with E-state index in [4.69, 9.17) is 15.7 Å². The number of nitrogens with one attached hydrogen (secondary N) is 1. The number of rotatable bonds is 6. The van der Waals surface area contributed by atoms with E-state index in [0.29, 0.717) is 5.92 Å². The van der Waals surface area contributed by atoms with Crippen LogP contribution in [0.5, 0.6) is 0 Å². The van der Waals surface area contributed by atoms with Gasteiger partial charge in [0.2, 0.25) is 0 Å². The molecule has 0 saturated heterocycles. The van der Waals surface area contributed by atoms with Crippen molar-refractivity contribution in [1.82, 2.24) is 15.0 Å².